The Balaban J connectivity index is 1.59. The van der Waals surface area contributed by atoms with Gasteiger partial charge >= 0.3 is 0 Å². The molecule has 0 radical (unpaired) electrons. The fourth-order valence-electron chi connectivity index (χ4n) is 2.23. The molecule has 2 aromatic rings. The van der Waals surface area contributed by atoms with E-state index >= 15 is 0 Å². The van der Waals surface area contributed by atoms with Crippen molar-refractivity contribution in [1.29, 1.82) is 0 Å². The molecule has 0 spiro atoms. The molecule has 0 saturated carbocycles. The first-order chi connectivity index (χ1) is 10.3. The van der Waals surface area contributed by atoms with E-state index in [4.69, 9.17) is 4.74 Å². The van der Waals surface area contributed by atoms with E-state index in [2.05, 4.69) is 14.9 Å². The van der Waals surface area contributed by atoms with Crippen molar-refractivity contribution in [2.45, 2.75) is 6.61 Å². The van der Waals surface area contributed by atoms with Crippen LogP contribution < -0.4 is 4.90 Å². The summed E-state index contributed by atoms with van der Waals surface area (Å²) in [5.74, 6) is 0.00684. The summed E-state index contributed by atoms with van der Waals surface area (Å²) in [5, 5.41) is 5.64. The Morgan fingerprint density at radius 1 is 1.33 bits per heavy atom. The molecule has 3 heterocycles. The molecule has 6 nitrogen and oxygen atoms in total. The largest absolute Gasteiger partial charge is 0.378 e. The Kier molecular flexibility index (Phi) is 4.47. The van der Waals surface area contributed by atoms with E-state index in [1.54, 1.807) is 18.4 Å². The number of thiazole rings is 2. The van der Waals surface area contributed by atoms with Gasteiger partial charge in [-0.15, -0.1) is 22.7 Å². The lowest BCUT2D eigenvalue weighted by Crippen LogP contribution is -2.48. The molecule has 21 heavy (non-hydrogen) atoms. The van der Waals surface area contributed by atoms with Gasteiger partial charge in [0.05, 0.1) is 6.61 Å². The Morgan fingerprint density at radius 3 is 2.81 bits per heavy atom. The van der Waals surface area contributed by atoms with Gasteiger partial charge in [-0.05, 0) is 0 Å². The third-order valence-electron chi connectivity index (χ3n) is 3.30. The van der Waals surface area contributed by atoms with Crippen molar-refractivity contribution in [2.24, 2.45) is 0 Å². The van der Waals surface area contributed by atoms with Crippen LogP contribution in [0.1, 0.15) is 15.5 Å². The fourth-order valence-corrected chi connectivity index (χ4v) is 3.67. The van der Waals surface area contributed by atoms with E-state index in [1.807, 2.05) is 21.9 Å². The van der Waals surface area contributed by atoms with Crippen molar-refractivity contribution >= 4 is 33.7 Å². The molecular weight excluding hydrogens is 308 g/mol. The van der Waals surface area contributed by atoms with Crippen LogP contribution in [0.25, 0.3) is 0 Å². The Morgan fingerprint density at radius 2 is 2.14 bits per heavy atom. The molecule has 3 rings (SSSR count). The number of hydrogen-bond donors (Lipinski definition) is 0. The van der Waals surface area contributed by atoms with Gasteiger partial charge in [0.2, 0.25) is 0 Å². The first-order valence-corrected chi connectivity index (χ1v) is 8.41. The molecule has 1 aliphatic rings. The number of hydrogen-bond acceptors (Lipinski definition) is 7. The molecule has 1 saturated heterocycles. The molecular formula is C13H16N4O2S2. The molecule has 0 N–H and O–H groups in total. The number of methoxy groups -OCH3 is 1. The van der Waals surface area contributed by atoms with Crippen LogP contribution in [0.4, 0.5) is 5.13 Å². The summed E-state index contributed by atoms with van der Waals surface area (Å²) in [7, 11) is 1.63. The molecule has 1 fully saturated rings. The van der Waals surface area contributed by atoms with Gasteiger partial charge in [-0.1, -0.05) is 0 Å². The highest BCUT2D eigenvalue weighted by Crippen LogP contribution is 2.20. The number of carbonyl (C=O) groups excluding carboxylic acids is 1. The summed E-state index contributed by atoms with van der Waals surface area (Å²) >= 11 is 3.09. The third kappa shape index (κ3) is 3.22. The van der Waals surface area contributed by atoms with Crippen LogP contribution in [0, 0.1) is 0 Å². The van der Waals surface area contributed by atoms with Crippen molar-refractivity contribution in [3.8, 4) is 0 Å². The predicted octanol–water partition coefficient (Wildman–Crippen LogP) is 1.71. The maximum absolute atomic E-state index is 12.4. The lowest BCUT2D eigenvalue weighted by molar-refractivity contribution is 0.0741. The van der Waals surface area contributed by atoms with Gasteiger partial charge in [-0.25, -0.2) is 9.97 Å². The van der Waals surface area contributed by atoms with Crippen LogP contribution >= 0.6 is 22.7 Å². The summed E-state index contributed by atoms with van der Waals surface area (Å²) in [6.07, 6.45) is 1.81. The second-order valence-electron chi connectivity index (χ2n) is 4.65. The lowest BCUT2D eigenvalue weighted by Gasteiger charge is -2.34. The number of carbonyl (C=O) groups is 1. The van der Waals surface area contributed by atoms with E-state index in [1.165, 1.54) is 11.3 Å². The zero-order valence-electron chi connectivity index (χ0n) is 11.7. The lowest BCUT2D eigenvalue weighted by atomic mass is 10.3. The van der Waals surface area contributed by atoms with Crippen LogP contribution in [0.5, 0.6) is 0 Å². The van der Waals surface area contributed by atoms with Crippen molar-refractivity contribution in [3.05, 3.63) is 27.7 Å². The van der Waals surface area contributed by atoms with Gasteiger partial charge in [0.1, 0.15) is 10.7 Å². The fraction of sp³-hybridized carbons (Fsp3) is 0.462. The maximum Gasteiger partial charge on any atom is 0.273 e. The highest BCUT2D eigenvalue weighted by Gasteiger charge is 2.24. The van der Waals surface area contributed by atoms with Crippen molar-refractivity contribution in [1.82, 2.24) is 14.9 Å². The zero-order valence-corrected chi connectivity index (χ0v) is 13.3. The SMILES string of the molecule is COCc1nc(C(=O)N2CCN(c3nccs3)CC2)cs1. The van der Waals surface area contributed by atoms with Crippen molar-refractivity contribution < 1.29 is 9.53 Å². The Labute approximate surface area is 131 Å². The minimum Gasteiger partial charge on any atom is -0.378 e. The quantitative estimate of drug-likeness (QED) is 0.857. The second-order valence-corrected chi connectivity index (χ2v) is 6.47. The molecule has 8 heteroatoms. The smallest absolute Gasteiger partial charge is 0.273 e. The summed E-state index contributed by atoms with van der Waals surface area (Å²) in [4.78, 5) is 25.1. The Hall–Kier alpha value is -1.51. The Bertz CT molecular complexity index is 591. The van der Waals surface area contributed by atoms with E-state index in [0.29, 0.717) is 25.4 Å². The topological polar surface area (TPSA) is 58.6 Å². The monoisotopic (exact) mass is 324 g/mol. The minimum absolute atomic E-state index is 0.00684. The van der Waals surface area contributed by atoms with Gasteiger partial charge in [0.15, 0.2) is 5.13 Å². The van der Waals surface area contributed by atoms with Gasteiger partial charge in [0, 0.05) is 50.2 Å². The summed E-state index contributed by atoms with van der Waals surface area (Å²) in [6.45, 7) is 3.49. The molecule has 0 aliphatic carbocycles. The molecule has 112 valence electrons. The predicted molar refractivity (Wildman–Crippen MR) is 83.1 cm³/mol. The third-order valence-corrected chi connectivity index (χ3v) is 4.95. The number of anilines is 1. The molecule has 0 aromatic carbocycles. The van der Waals surface area contributed by atoms with Gasteiger partial charge in [-0.3, -0.25) is 4.79 Å². The zero-order chi connectivity index (χ0) is 14.7. The molecule has 2 aromatic heterocycles. The van der Waals surface area contributed by atoms with E-state index < -0.39 is 0 Å². The minimum atomic E-state index is 0.00684. The normalized spacial score (nSPS) is 15.5. The highest BCUT2D eigenvalue weighted by molar-refractivity contribution is 7.13. The number of rotatable bonds is 4. The van der Waals surface area contributed by atoms with Gasteiger partial charge in [-0.2, -0.15) is 0 Å². The number of amides is 1. The molecule has 0 atom stereocenters. The first kappa shape index (κ1) is 14.4. The van der Waals surface area contributed by atoms with Crippen LogP contribution in [0.2, 0.25) is 0 Å². The second kappa shape index (κ2) is 6.50. The average Bonchev–Trinajstić information content (AvgIpc) is 3.19. The molecule has 0 unspecified atom stereocenters. The van der Waals surface area contributed by atoms with Crippen LogP contribution in [0.15, 0.2) is 17.0 Å². The van der Waals surface area contributed by atoms with E-state index in [-0.39, 0.29) is 5.91 Å². The van der Waals surface area contributed by atoms with Crippen molar-refractivity contribution in [3.63, 3.8) is 0 Å². The van der Waals surface area contributed by atoms with E-state index in [9.17, 15) is 4.79 Å². The van der Waals surface area contributed by atoms with Gasteiger partial charge in [0.25, 0.3) is 5.91 Å². The highest BCUT2D eigenvalue weighted by atomic mass is 32.1. The summed E-state index contributed by atoms with van der Waals surface area (Å²) in [5.41, 5.74) is 0.523. The first-order valence-electron chi connectivity index (χ1n) is 6.65. The van der Waals surface area contributed by atoms with Crippen LogP contribution in [-0.4, -0.2) is 54.1 Å². The standard InChI is InChI=1S/C13H16N4O2S2/c1-19-8-11-15-10(9-21-11)12(18)16-3-5-17(6-4-16)13-14-2-7-20-13/h2,7,9H,3-6,8H2,1H3. The molecule has 0 bridgehead atoms. The summed E-state index contributed by atoms with van der Waals surface area (Å²) < 4.78 is 5.03. The molecule has 1 aliphatic heterocycles. The molecule has 1 amide bonds. The van der Waals surface area contributed by atoms with Crippen LogP contribution in [-0.2, 0) is 11.3 Å². The maximum atomic E-state index is 12.4. The number of ether oxygens (including phenoxy) is 1. The van der Waals surface area contributed by atoms with Crippen molar-refractivity contribution in [2.75, 3.05) is 38.2 Å². The van der Waals surface area contributed by atoms with Gasteiger partial charge < -0.3 is 14.5 Å². The van der Waals surface area contributed by atoms with Crippen LogP contribution in [0.3, 0.4) is 0 Å². The number of piperazine rings is 1. The number of aromatic nitrogens is 2. The average molecular weight is 324 g/mol. The number of nitrogens with zero attached hydrogens (tertiary/aromatic N) is 4. The van der Waals surface area contributed by atoms with E-state index in [0.717, 1.165) is 23.2 Å². The summed E-state index contributed by atoms with van der Waals surface area (Å²) in [6, 6.07) is 0.